The van der Waals surface area contributed by atoms with E-state index in [2.05, 4.69) is 5.32 Å². The minimum Gasteiger partial charge on any atom is -0.481 e. The Kier molecular flexibility index (Phi) is 8.77. The topological polar surface area (TPSA) is 58.6 Å². The van der Waals surface area contributed by atoms with Crippen LogP contribution in [-0.4, -0.2) is 35.9 Å². The maximum atomic E-state index is 13.8. The van der Waals surface area contributed by atoms with E-state index in [-0.39, 0.29) is 29.9 Å². The zero-order valence-corrected chi connectivity index (χ0v) is 17.5. The molecule has 0 saturated heterocycles. The molecule has 5 nitrogen and oxygen atoms in total. The Hall–Kier alpha value is -2.96. The molecule has 0 fully saturated rings. The number of carbonyl (C=O) groups is 2. The smallest absolute Gasteiger partial charge is 0.261 e. The summed E-state index contributed by atoms with van der Waals surface area (Å²) in [5.41, 5.74) is 0.672. The molecule has 0 radical (unpaired) electrons. The van der Waals surface area contributed by atoms with Crippen LogP contribution in [0.3, 0.4) is 0 Å². The summed E-state index contributed by atoms with van der Waals surface area (Å²) in [5, 5.41) is 2.85. The van der Waals surface area contributed by atoms with Gasteiger partial charge in [0.15, 0.2) is 18.2 Å². The van der Waals surface area contributed by atoms with Gasteiger partial charge in [0.05, 0.1) is 0 Å². The van der Waals surface area contributed by atoms with Crippen molar-refractivity contribution in [2.75, 3.05) is 13.2 Å². The number of hydrogen-bond acceptors (Lipinski definition) is 3. The molecule has 0 spiro atoms. The summed E-state index contributed by atoms with van der Waals surface area (Å²) in [6.45, 7) is 5.93. The van der Waals surface area contributed by atoms with Crippen molar-refractivity contribution in [3.05, 3.63) is 65.7 Å². The summed E-state index contributed by atoms with van der Waals surface area (Å²) in [5.74, 6) is -1.47. The Balaban J connectivity index is 2.19. The molecule has 30 heavy (non-hydrogen) atoms. The van der Waals surface area contributed by atoms with Crippen molar-refractivity contribution in [3.63, 3.8) is 0 Å². The second-order valence-electron chi connectivity index (χ2n) is 7.43. The standard InChI is InChI=1S/C23H28F2N2O3/c1-4-20(23(29)26-13-16(2)3)27(14-17-9-11-18(24)12-10-17)22(28)15-30-21-8-6-5-7-19(21)25/h5-12,16,20H,4,13-15H2,1-3H3,(H,26,29). The first-order valence-corrected chi connectivity index (χ1v) is 10.0. The van der Waals surface area contributed by atoms with Crippen molar-refractivity contribution in [1.82, 2.24) is 10.2 Å². The fourth-order valence-corrected chi connectivity index (χ4v) is 2.91. The maximum absolute atomic E-state index is 13.8. The number of halogens is 2. The highest BCUT2D eigenvalue weighted by Crippen LogP contribution is 2.17. The third-order valence-electron chi connectivity index (χ3n) is 4.52. The van der Waals surface area contributed by atoms with E-state index in [0.717, 1.165) is 0 Å². The van der Waals surface area contributed by atoms with Crippen molar-refractivity contribution in [3.8, 4) is 5.75 Å². The Morgan fingerprint density at radius 2 is 1.73 bits per heavy atom. The number of amides is 2. The van der Waals surface area contributed by atoms with Crippen LogP contribution >= 0.6 is 0 Å². The molecule has 0 aromatic heterocycles. The summed E-state index contributed by atoms with van der Waals surface area (Å²) >= 11 is 0. The summed E-state index contributed by atoms with van der Waals surface area (Å²) in [7, 11) is 0. The number of rotatable bonds is 10. The van der Waals surface area contributed by atoms with Crippen LogP contribution in [0.15, 0.2) is 48.5 Å². The van der Waals surface area contributed by atoms with Crippen molar-refractivity contribution < 1.29 is 23.1 Å². The van der Waals surface area contributed by atoms with Crippen molar-refractivity contribution in [1.29, 1.82) is 0 Å². The second-order valence-corrected chi connectivity index (χ2v) is 7.43. The van der Waals surface area contributed by atoms with Crippen LogP contribution in [0, 0.1) is 17.6 Å². The molecular formula is C23H28F2N2O3. The van der Waals surface area contributed by atoms with Crippen LogP contribution in [0.5, 0.6) is 5.75 Å². The van der Waals surface area contributed by atoms with Gasteiger partial charge in [0.25, 0.3) is 5.91 Å². The molecule has 1 N–H and O–H groups in total. The Labute approximate surface area is 176 Å². The highest BCUT2D eigenvalue weighted by molar-refractivity contribution is 5.88. The highest BCUT2D eigenvalue weighted by Gasteiger charge is 2.29. The van der Waals surface area contributed by atoms with Crippen LogP contribution in [-0.2, 0) is 16.1 Å². The minimum atomic E-state index is -0.731. The molecular weight excluding hydrogens is 390 g/mol. The normalized spacial score (nSPS) is 11.8. The van der Waals surface area contributed by atoms with Crippen molar-refractivity contribution in [2.45, 2.75) is 39.8 Å². The number of carbonyl (C=O) groups excluding carboxylic acids is 2. The molecule has 1 atom stereocenters. The number of nitrogens with zero attached hydrogens (tertiary/aromatic N) is 1. The summed E-state index contributed by atoms with van der Waals surface area (Å²) < 4.78 is 32.4. The third-order valence-corrected chi connectivity index (χ3v) is 4.52. The molecule has 7 heteroatoms. The quantitative estimate of drug-likeness (QED) is 0.636. The van der Waals surface area contributed by atoms with Gasteiger partial charge in [0, 0.05) is 13.1 Å². The van der Waals surface area contributed by atoms with E-state index >= 15 is 0 Å². The number of benzene rings is 2. The number of nitrogens with one attached hydrogen (secondary N) is 1. The Morgan fingerprint density at radius 1 is 1.07 bits per heavy atom. The molecule has 0 bridgehead atoms. The highest BCUT2D eigenvalue weighted by atomic mass is 19.1. The lowest BCUT2D eigenvalue weighted by molar-refractivity contribution is -0.143. The van der Waals surface area contributed by atoms with E-state index in [0.29, 0.717) is 18.5 Å². The van der Waals surface area contributed by atoms with E-state index in [9.17, 15) is 18.4 Å². The molecule has 0 heterocycles. The van der Waals surface area contributed by atoms with Crippen LogP contribution < -0.4 is 10.1 Å². The summed E-state index contributed by atoms with van der Waals surface area (Å²) in [6.07, 6.45) is 0.385. The fraction of sp³-hybridized carbons (Fsp3) is 0.391. The van der Waals surface area contributed by atoms with Gasteiger partial charge in [-0.2, -0.15) is 0 Å². The minimum absolute atomic E-state index is 0.0371. The Bertz CT molecular complexity index is 841. The first-order chi connectivity index (χ1) is 14.3. The maximum Gasteiger partial charge on any atom is 0.261 e. The Morgan fingerprint density at radius 3 is 2.33 bits per heavy atom. The third kappa shape index (κ3) is 6.83. The first kappa shape index (κ1) is 23.3. The predicted molar refractivity (Wildman–Crippen MR) is 111 cm³/mol. The van der Waals surface area contributed by atoms with Crippen LogP contribution in [0.25, 0.3) is 0 Å². The molecule has 0 aliphatic rings. The van der Waals surface area contributed by atoms with Gasteiger partial charge in [0.2, 0.25) is 5.91 Å². The first-order valence-electron chi connectivity index (χ1n) is 10.0. The molecule has 2 aromatic carbocycles. The average Bonchev–Trinajstić information content (AvgIpc) is 2.72. The summed E-state index contributed by atoms with van der Waals surface area (Å²) in [6, 6.07) is 10.8. The molecule has 0 aliphatic heterocycles. The van der Waals surface area contributed by atoms with Crippen LogP contribution in [0.1, 0.15) is 32.8 Å². The van der Waals surface area contributed by atoms with Crippen LogP contribution in [0.2, 0.25) is 0 Å². The largest absolute Gasteiger partial charge is 0.481 e. The van der Waals surface area contributed by atoms with Gasteiger partial charge >= 0.3 is 0 Å². The van der Waals surface area contributed by atoms with Gasteiger partial charge in [-0.15, -0.1) is 0 Å². The van der Waals surface area contributed by atoms with E-state index in [4.69, 9.17) is 4.74 Å². The molecule has 2 aromatic rings. The molecule has 0 aliphatic carbocycles. The summed E-state index contributed by atoms with van der Waals surface area (Å²) in [4.78, 5) is 27.1. The second kappa shape index (κ2) is 11.3. The van der Waals surface area contributed by atoms with Crippen LogP contribution in [0.4, 0.5) is 8.78 Å². The lowest BCUT2D eigenvalue weighted by atomic mass is 10.1. The van der Waals surface area contributed by atoms with Gasteiger partial charge in [-0.05, 0) is 42.2 Å². The predicted octanol–water partition coefficient (Wildman–Crippen LogP) is 3.92. The fourth-order valence-electron chi connectivity index (χ4n) is 2.91. The molecule has 162 valence electrons. The zero-order valence-electron chi connectivity index (χ0n) is 17.5. The molecule has 2 rings (SSSR count). The average molecular weight is 418 g/mol. The molecule has 2 amide bonds. The van der Waals surface area contributed by atoms with Gasteiger partial charge < -0.3 is 15.0 Å². The molecule has 1 unspecified atom stereocenters. The lowest BCUT2D eigenvalue weighted by Gasteiger charge is -2.30. The SMILES string of the molecule is CCC(C(=O)NCC(C)C)N(Cc1ccc(F)cc1)C(=O)COc1ccccc1F. The van der Waals surface area contributed by atoms with Crippen molar-refractivity contribution >= 4 is 11.8 Å². The van der Waals surface area contributed by atoms with Gasteiger partial charge in [-0.25, -0.2) is 8.78 Å². The number of ether oxygens (including phenoxy) is 1. The van der Waals surface area contributed by atoms with Gasteiger partial charge in [0.1, 0.15) is 11.9 Å². The van der Waals surface area contributed by atoms with E-state index in [1.165, 1.54) is 35.2 Å². The van der Waals surface area contributed by atoms with E-state index < -0.39 is 24.4 Å². The molecule has 0 saturated carbocycles. The number of para-hydroxylation sites is 1. The lowest BCUT2D eigenvalue weighted by Crippen LogP contribution is -2.50. The number of hydrogen-bond donors (Lipinski definition) is 1. The van der Waals surface area contributed by atoms with Gasteiger partial charge in [-0.3, -0.25) is 9.59 Å². The van der Waals surface area contributed by atoms with E-state index in [1.807, 2.05) is 20.8 Å². The van der Waals surface area contributed by atoms with Crippen molar-refractivity contribution in [2.24, 2.45) is 5.92 Å². The zero-order chi connectivity index (χ0) is 22.1. The van der Waals surface area contributed by atoms with E-state index in [1.54, 1.807) is 18.2 Å². The monoisotopic (exact) mass is 418 g/mol. The van der Waals surface area contributed by atoms with Gasteiger partial charge in [-0.1, -0.05) is 45.0 Å².